The number of benzene rings is 2. The normalized spacial score (nSPS) is 35.7. The summed E-state index contributed by atoms with van der Waals surface area (Å²) in [4.78, 5) is 24.9. The van der Waals surface area contributed by atoms with Crippen molar-refractivity contribution in [1.29, 1.82) is 0 Å². The number of halogens is 4. The van der Waals surface area contributed by atoms with E-state index in [0.717, 1.165) is 18.2 Å². The average Bonchev–Trinajstić information content (AvgIpc) is 2.96. The lowest BCUT2D eigenvalue weighted by Crippen LogP contribution is -2.53. The number of aliphatic hydroxyl groups excluding tert-OH is 1. The number of aliphatic hydroxyl groups is 2. The molecule has 0 radical (unpaired) electrons. The molecular weight excluding hydrogens is 573 g/mol. The van der Waals surface area contributed by atoms with Gasteiger partial charge in [0, 0.05) is 36.3 Å². The zero-order chi connectivity index (χ0) is 33.5. The van der Waals surface area contributed by atoms with Crippen LogP contribution < -0.4 is 10.6 Å². The molecule has 216 valence electrons. The maximum Gasteiger partial charge on any atom is 0.255 e. The van der Waals surface area contributed by atoms with Gasteiger partial charge in [-0.15, -0.1) is 0 Å². The second kappa shape index (κ2) is 10.6. The molecule has 4 atom stereocenters. The van der Waals surface area contributed by atoms with Gasteiger partial charge in [-0.05, 0) is 68.5 Å². The molecule has 13 heteroatoms. The summed E-state index contributed by atoms with van der Waals surface area (Å²) in [5.74, 6) is -10.5. The standard InChI is InChI=1S/C27H28ClF3N2O6S/c28-20-4-1-13(26(36)33-17-10-21(29)25(31)22(30)11-17)5-23(20)40(38,39)19-6-14-2-3-15(7-19)27(14,37)12-24(35)32-16-8-18(34)9-16/h1,4-5,10-11,14-16,18-19,34,37H,2-3,6-9,12H2,(H,32,35)(H,33,36)/t14-,15?,16?,18?,19?,27?/m0/s1/i2D2,3D2,19D. The summed E-state index contributed by atoms with van der Waals surface area (Å²) in [5.41, 5.74) is -3.26. The fourth-order valence-electron chi connectivity index (χ4n) is 5.23. The molecule has 8 nitrogen and oxygen atoms in total. The second-order valence-electron chi connectivity index (χ2n) is 10.3. The molecule has 2 amide bonds. The van der Waals surface area contributed by atoms with Crippen LogP contribution in [0.2, 0.25) is 5.02 Å². The molecule has 0 saturated heterocycles. The van der Waals surface area contributed by atoms with E-state index >= 15 is 0 Å². The summed E-state index contributed by atoms with van der Waals surface area (Å²) in [7, 11) is -4.95. The predicted octanol–water partition coefficient (Wildman–Crippen LogP) is 3.73. The van der Waals surface area contributed by atoms with Crippen molar-refractivity contribution in [3.05, 3.63) is 58.4 Å². The summed E-state index contributed by atoms with van der Waals surface area (Å²) in [5, 5.41) is 22.7. The van der Waals surface area contributed by atoms with Gasteiger partial charge in [0.15, 0.2) is 27.3 Å². The molecule has 2 bridgehead atoms. The quantitative estimate of drug-likeness (QED) is 0.356. The van der Waals surface area contributed by atoms with Crippen molar-refractivity contribution in [1.82, 2.24) is 5.32 Å². The molecule has 0 spiro atoms. The Morgan fingerprint density at radius 2 is 1.68 bits per heavy atom. The van der Waals surface area contributed by atoms with E-state index in [4.69, 9.17) is 18.5 Å². The Balaban J connectivity index is 1.45. The largest absolute Gasteiger partial charge is 0.393 e. The molecule has 0 aromatic heterocycles. The fourth-order valence-corrected chi connectivity index (χ4v) is 7.34. The van der Waals surface area contributed by atoms with Crippen molar-refractivity contribution in [3.8, 4) is 0 Å². The molecule has 3 fully saturated rings. The summed E-state index contributed by atoms with van der Waals surface area (Å²) in [6.07, 6.45) is -8.47. The van der Waals surface area contributed by atoms with Gasteiger partial charge in [0.05, 0.1) is 33.3 Å². The zero-order valence-corrected chi connectivity index (χ0v) is 22.3. The monoisotopic (exact) mass is 605 g/mol. The lowest BCUT2D eigenvalue weighted by molar-refractivity contribution is -0.134. The van der Waals surface area contributed by atoms with Crippen LogP contribution in [-0.2, 0) is 14.6 Å². The van der Waals surface area contributed by atoms with E-state index in [0.29, 0.717) is 12.1 Å². The maximum atomic E-state index is 14.0. The Hall–Kier alpha value is -2.67. The van der Waals surface area contributed by atoms with Crippen LogP contribution in [-0.4, -0.2) is 53.4 Å². The van der Waals surface area contributed by atoms with Crippen molar-refractivity contribution < 1.29 is 48.2 Å². The van der Waals surface area contributed by atoms with E-state index in [-0.39, 0.29) is 12.8 Å². The summed E-state index contributed by atoms with van der Waals surface area (Å²) < 4.78 is 112. The Kier molecular flexibility index (Phi) is 6.10. The molecule has 40 heavy (non-hydrogen) atoms. The van der Waals surface area contributed by atoms with Crippen LogP contribution in [0.1, 0.15) is 62.1 Å². The molecule has 3 aliphatic carbocycles. The van der Waals surface area contributed by atoms with Gasteiger partial charge in [0.25, 0.3) is 5.91 Å². The van der Waals surface area contributed by atoms with Gasteiger partial charge in [-0.25, -0.2) is 21.6 Å². The first kappa shape index (κ1) is 23.0. The third kappa shape index (κ3) is 5.34. The second-order valence-corrected chi connectivity index (χ2v) is 12.7. The number of hydrogen-bond acceptors (Lipinski definition) is 6. The Bertz CT molecular complexity index is 1650. The van der Waals surface area contributed by atoms with Gasteiger partial charge >= 0.3 is 0 Å². The predicted molar refractivity (Wildman–Crippen MR) is 139 cm³/mol. The number of rotatable bonds is 7. The van der Waals surface area contributed by atoms with Crippen LogP contribution in [0.5, 0.6) is 0 Å². The highest BCUT2D eigenvalue weighted by atomic mass is 35.5. The molecule has 2 aromatic carbocycles. The first-order valence-corrected chi connectivity index (χ1v) is 14.2. The van der Waals surface area contributed by atoms with Gasteiger partial charge in [-0.3, -0.25) is 9.59 Å². The molecular formula is C27H28ClF3N2O6S. The molecule has 5 rings (SSSR count). The van der Waals surface area contributed by atoms with Crippen molar-refractivity contribution in [3.63, 3.8) is 0 Å². The van der Waals surface area contributed by atoms with E-state index < -0.39 is 127 Å². The van der Waals surface area contributed by atoms with Crippen LogP contribution in [0.25, 0.3) is 0 Å². The number of sulfone groups is 1. The van der Waals surface area contributed by atoms with E-state index in [1.54, 1.807) is 0 Å². The number of carbonyl (C=O) groups excluding carboxylic acids is 2. The summed E-state index contributed by atoms with van der Waals surface area (Å²) >= 11 is 6.19. The van der Waals surface area contributed by atoms with Gasteiger partial charge in [-0.2, -0.15) is 0 Å². The Morgan fingerprint density at radius 1 is 1.07 bits per heavy atom. The van der Waals surface area contributed by atoms with E-state index in [9.17, 15) is 41.4 Å². The van der Waals surface area contributed by atoms with Crippen LogP contribution in [0.15, 0.2) is 35.2 Å². The molecule has 0 aliphatic heterocycles. The van der Waals surface area contributed by atoms with Crippen molar-refractivity contribution in [2.45, 2.75) is 72.7 Å². The van der Waals surface area contributed by atoms with Gasteiger partial charge in [0.1, 0.15) is 0 Å². The topological polar surface area (TPSA) is 133 Å². The highest BCUT2D eigenvalue weighted by Crippen LogP contribution is 2.53. The first-order chi connectivity index (χ1) is 20.6. The molecule has 2 aromatic rings. The Morgan fingerprint density at radius 3 is 2.25 bits per heavy atom. The number of anilines is 1. The molecule has 0 heterocycles. The van der Waals surface area contributed by atoms with Crippen LogP contribution in [0, 0.1) is 29.3 Å². The summed E-state index contributed by atoms with van der Waals surface area (Å²) in [6.45, 7) is 0. The van der Waals surface area contributed by atoms with Crippen LogP contribution in [0.4, 0.5) is 18.9 Å². The van der Waals surface area contributed by atoms with E-state index in [2.05, 4.69) is 10.6 Å². The minimum absolute atomic E-state index is 0.266. The highest BCUT2D eigenvalue weighted by molar-refractivity contribution is 7.92. The number of fused-ring (bicyclic) bond motifs is 2. The SMILES string of the molecule is [2H]C1([2H])C2CC([2H])(S(=O)(=O)c3cc(C(=O)Nc4cc(F)c(F)c(F)c4)ccc3Cl)C[C@@H](C2(O)CC(=O)NC2CC(O)C2)C1([2H])[2H]. The molecule has 3 unspecified atom stereocenters. The molecule has 4 N–H and O–H groups in total. The fraction of sp³-hybridized carbons (Fsp3) is 0.481. The lowest BCUT2D eigenvalue weighted by Gasteiger charge is -2.42. The van der Waals surface area contributed by atoms with Crippen LogP contribution >= 0.6 is 11.6 Å². The summed E-state index contributed by atoms with van der Waals surface area (Å²) in [6, 6.07) is 3.47. The minimum Gasteiger partial charge on any atom is -0.393 e. The third-order valence-electron chi connectivity index (χ3n) is 7.53. The minimum atomic E-state index is -4.95. The maximum absolute atomic E-state index is 14.0. The van der Waals surface area contributed by atoms with Gasteiger partial charge in [-0.1, -0.05) is 11.6 Å². The lowest BCUT2D eigenvalue weighted by atomic mass is 9.72. The Labute approximate surface area is 240 Å². The number of nitrogens with one attached hydrogen (secondary N) is 2. The molecule has 3 aliphatic rings. The zero-order valence-electron chi connectivity index (χ0n) is 25.7. The first-order valence-electron chi connectivity index (χ1n) is 14.8. The highest BCUT2D eigenvalue weighted by Gasteiger charge is 2.56. The van der Waals surface area contributed by atoms with Crippen molar-refractivity contribution >= 4 is 38.9 Å². The smallest absolute Gasteiger partial charge is 0.255 e. The van der Waals surface area contributed by atoms with E-state index in [1.807, 2.05) is 0 Å². The number of amides is 2. The number of hydrogen-bond donors (Lipinski definition) is 4. The van der Waals surface area contributed by atoms with Gasteiger partial charge in [0.2, 0.25) is 5.91 Å². The van der Waals surface area contributed by atoms with E-state index in [1.165, 1.54) is 0 Å². The third-order valence-corrected chi connectivity index (χ3v) is 9.98. The van der Waals surface area contributed by atoms with Crippen LogP contribution in [0.3, 0.4) is 0 Å². The molecule has 3 saturated carbocycles. The van der Waals surface area contributed by atoms with Crippen molar-refractivity contribution in [2.75, 3.05) is 5.32 Å². The average molecular weight is 606 g/mol. The van der Waals surface area contributed by atoms with Crippen molar-refractivity contribution in [2.24, 2.45) is 11.8 Å². The number of carbonyl (C=O) groups is 2. The van der Waals surface area contributed by atoms with Gasteiger partial charge < -0.3 is 20.8 Å².